The average Bonchev–Trinajstić information content (AvgIpc) is 2.57. The molecule has 1 aliphatic carbocycles. The molecule has 0 bridgehead atoms. The molecule has 0 fully saturated rings. The van der Waals surface area contributed by atoms with Crippen LogP contribution < -0.4 is 0 Å². The van der Waals surface area contributed by atoms with Gasteiger partial charge in [-0.1, -0.05) is 34.2 Å². The second kappa shape index (κ2) is 7.25. The van der Waals surface area contributed by atoms with Crippen molar-refractivity contribution in [3.8, 4) is 11.5 Å². The molecule has 1 aromatic rings. The van der Waals surface area contributed by atoms with Gasteiger partial charge < -0.3 is 15.3 Å². The van der Waals surface area contributed by atoms with Crippen LogP contribution in [0.3, 0.4) is 0 Å². The van der Waals surface area contributed by atoms with Crippen molar-refractivity contribution in [2.24, 2.45) is 5.41 Å². The van der Waals surface area contributed by atoms with Crippen molar-refractivity contribution in [3.05, 3.63) is 34.9 Å². The van der Waals surface area contributed by atoms with Gasteiger partial charge in [0, 0.05) is 6.42 Å². The van der Waals surface area contributed by atoms with Crippen molar-refractivity contribution in [2.75, 3.05) is 4.43 Å². The van der Waals surface area contributed by atoms with Crippen LogP contribution in [0.2, 0.25) is 0 Å². The van der Waals surface area contributed by atoms with Crippen LogP contribution in [0.5, 0.6) is 11.5 Å². The number of hydrogen-bond acceptors (Lipinski definition) is 6. The number of benzene rings is 1. The maximum atomic E-state index is 13.1. The number of allylic oxidation sites excluding steroid dienone is 1. The van der Waals surface area contributed by atoms with Crippen molar-refractivity contribution >= 4 is 39.9 Å². The Morgan fingerprint density at radius 1 is 1.24 bits per heavy atom. The number of phenolic OH excluding ortho intramolecular Hbond substituents is 2. The Kier molecular flexibility index (Phi) is 5.68. The summed E-state index contributed by atoms with van der Waals surface area (Å²) in [6.07, 6.45) is -0.229. The van der Waals surface area contributed by atoms with Gasteiger partial charge in [-0.15, -0.1) is 0 Å². The number of carbonyl (C=O) groups is 3. The van der Waals surface area contributed by atoms with Crippen molar-refractivity contribution in [1.29, 1.82) is 0 Å². The van der Waals surface area contributed by atoms with E-state index in [0.29, 0.717) is 0 Å². The van der Waals surface area contributed by atoms with E-state index in [-0.39, 0.29) is 16.4 Å². The molecule has 0 saturated heterocycles. The van der Waals surface area contributed by atoms with E-state index in [1.165, 1.54) is 0 Å². The zero-order valence-electron chi connectivity index (χ0n) is 13.9. The van der Waals surface area contributed by atoms with Gasteiger partial charge in [0.05, 0.1) is 21.7 Å². The highest BCUT2D eigenvalue weighted by atomic mass is 127. The van der Waals surface area contributed by atoms with Gasteiger partial charge in [0.25, 0.3) is 0 Å². The molecule has 134 valence electrons. The first-order chi connectivity index (χ1) is 11.7. The Hall–Kier alpha value is -1.74. The first kappa shape index (κ1) is 19.6. The summed E-state index contributed by atoms with van der Waals surface area (Å²) < 4.78 is -0.0719. The third kappa shape index (κ3) is 3.22. The van der Waals surface area contributed by atoms with Crippen LogP contribution >= 0.6 is 22.6 Å². The highest BCUT2D eigenvalue weighted by Gasteiger charge is 2.56. The molecule has 0 aliphatic heterocycles. The number of rotatable bonds is 5. The van der Waals surface area contributed by atoms with Gasteiger partial charge in [0.1, 0.15) is 16.9 Å². The molecule has 2 rings (SSSR count). The quantitative estimate of drug-likeness (QED) is 0.206. The maximum Gasteiger partial charge on any atom is 0.184 e. The minimum Gasteiger partial charge on any atom is -0.507 e. The van der Waals surface area contributed by atoms with Crippen LogP contribution in [-0.4, -0.2) is 43.2 Å². The molecule has 1 aliphatic rings. The molecule has 7 heteroatoms. The van der Waals surface area contributed by atoms with Gasteiger partial charge in [0.15, 0.2) is 17.3 Å². The van der Waals surface area contributed by atoms with E-state index in [4.69, 9.17) is 0 Å². The number of hydrogen-bond donors (Lipinski definition) is 3. The van der Waals surface area contributed by atoms with Crippen molar-refractivity contribution in [1.82, 2.24) is 0 Å². The van der Waals surface area contributed by atoms with Gasteiger partial charge >= 0.3 is 0 Å². The lowest BCUT2D eigenvalue weighted by Gasteiger charge is -2.37. The molecule has 2 atom stereocenters. The smallest absolute Gasteiger partial charge is 0.184 e. The summed E-state index contributed by atoms with van der Waals surface area (Å²) in [6, 6.07) is 2.21. The maximum absolute atomic E-state index is 13.1. The Balaban J connectivity index is 2.68. The number of aliphatic hydroxyl groups excluding tert-OH is 1. The first-order valence-electron chi connectivity index (χ1n) is 7.70. The molecular weight excluding hydrogens is 439 g/mol. The van der Waals surface area contributed by atoms with E-state index in [1.807, 2.05) is 13.8 Å². The number of aliphatic hydroxyl groups is 1. The summed E-state index contributed by atoms with van der Waals surface area (Å²) in [4.78, 5) is 38.3. The Labute approximate surface area is 158 Å². The van der Waals surface area contributed by atoms with Crippen LogP contribution in [0.1, 0.15) is 47.4 Å². The summed E-state index contributed by atoms with van der Waals surface area (Å²) in [5, 5.41) is 30.6. The van der Waals surface area contributed by atoms with E-state index < -0.39 is 52.4 Å². The van der Waals surface area contributed by atoms with Gasteiger partial charge in [-0.05, 0) is 32.4 Å². The van der Waals surface area contributed by atoms with E-state index in [2.05, 4.69) is 0 Å². The molecule has 0 radical (unpaired) electrons. The van der Waals surface area contributed by atoms with Crippen LogP contribution in [0.4, 0.5) is 0 Å². The molecule has 0 amide bonds. The molecule has 3 N–H and O–H groups in total. The number of carbonyl (C=O) groups excluding carboxylic acids is 3. The second-order valence-corrected chi connectivity index (χ2v) is 7.11. The van der Waals surface area contributed by atoms with Gasteiger partial charge in [-0.25, -0.2) is 0 Å². The standard InChI is InChI=1S/C18H19IO6/c1-9(2)3-6-13(23)18(14(24)8-19)7-12(22)15-10(20)4-5-11(21)16(15)17(18)25/h3-5,13,20-21,23H,6-8H2,1-2H3/t13-,18?/m1/s1. The Bertz CT molecular complexity index is 778. The molecule has 6 nitrogen and oxygen atoms in total. The first-order valence-corrected chi connectivity index (χ1v) is 9.23. The summed E-state index contributed by atoms with van der Waals surface area (Å²) >= 11 is 1.78. The van der Waals surface area contributed by atoms with Crippen LogP contribution in [0.15, 0.2) is 23.8 Å². The topological polar surface area (TPSA) is 112 Å². The van der Waals surface area contributed by atoms with Crippen molar-refractivity contribution in [2.45, 2.75) is 32.8 Å². The van der Waals surface area contributed by atoms with Crippen LogP contribution in [0.25, 0.3) is 0 Å². The van der Waals surface area contributed by atoms with Gasteiger partial charge in [-0.3, -0.25) is 14.4 Å². The number of Topliss-reactive ketones (excluding diaryl/α,β-unsaturated/α-hetero) is 3. The fraction of sp³-hybridized carbons (Fsp3) is 0.389. The van der Waals surface area contributed by atoms with Crippen LogP contribution in [-0.2, 0) is 4.79 Å². The summed E-state index contributed by atoms with van der Waals surface area (Å²) in [5.41, 5.74) is -1.75. The molecule has 0 saturated carbocycles. The van der Waals surface area contributed by atoms with E-state index >= 15 is 0 Å². The monoisotopic (exact) mass is 458 g/mol. The molecular formula is C18H19IO6. The molecule has 0 heterocycles. The third-order valence-electron chi connectivity index (χ3n) is 4.45. The molecule has 1 aromatic carbocycles. The highest BCUT2D eigenvalue weighted by Crippen LogP contribution is 2.45. The summed E-state index contributed by atoms with van der Waals surface area (Å²) in [5.74, 6) is -2.98. The molecule has 25 heavy (non-hydrogen) atoms. The Morgan fingerprint density at radius 3 is 2.32 bits per heavy atom. The number of fused-ring (bicyclic) bond motifs is 1. The summed E-state index contributed by atoms with van der Waals surface area (Å²) in [7, 11) is 0. The summed E-state index contributed by atoms with van der Waals surface area (Å²) in [6.45, 7) is 3.62. The Morgan fingerprint density at radius 2 is 1.80 bits per heavy atom. The largest absolute Gasteiger partial charge is 0.507 e. The fourth-order valence-electron chi connectivity index (χ4n) is 3.09. The number of aromatic hydroxyl groups is 2. The minimum absolute atomic E-state index is 0.0264. The van der Waals surface area contributed by atoms with Gasteiger partial charge in [-0.2, -0.15) is 0 Å². The predicted octanol–water partition coefficient (Wildman–Crippen LogP) is 2.57. The van der Waals surface area contributed by atoms with Crippen molar-refractivity contribution in [3.63, 3.8) is 0 Å². The lowest BCUT2D eigenvalue weighted by molar-refractivity contribution is -0.128. The number of phenols is 2. The normalized spacial score (nSPS) is 20.8. The van der Waals surface area contributed by atoms with Crippen molar-refractivity contribution < 1.29 is 29.7 Å². The predicted molar refractivity (Wildman–Crippen MR) is 99.4 cm³/mol. The van der Waals surface area contributed by atoms with E-state index in [1.54, 1.807) is 28.7 Å². The zero-order chi connectivity index (χ0) is 18.9. The number of halogens is 1. The second-order valence-electron chi connectivity index (χ2n) is 6.34. The lowest BCUT2D eigenvalue weighted by Crippen LogP contribution is -2.53. The fourth-order valence-corrected chi connectivity index (χ4v) is 3.77. The SMILES string of the molecule is CC(C)=CC[C@@H](O)C1(C(=O)CI)CC(=O)c2c(O)ccc(O)c2C1=O. The van der Waals surface area contributed by atoms with E-state index in [9.17, 15) is 29.7 Å². The molecule has 0 aromatic heterocycles. The number of ketones is 3. The number of alkyl halides is 1. The van der Waals surface area contributed by atoms with Gasteiger partial charge in [0.2, 0.25) is 0 Å². The molecule has 1 unspecified atom stereocenters. The zero-order valence-corrected chi connectivity index (χ0v) is 16.0. The highest BCUT2D eigenvalue weighted by molar-refractivity contribution is 14.1. The average molecular weight is 458 g/mol. The van der Waals surface area contributed by atoms with Crippen LogP contribution in [0, 0.1) is 5.41 Å². The van der Waals surface area contributed by atoms with E-state index in [0.717, 1.165) is 17.7 Å². The third-order valence-corrected chi connectivity index (χ3v) is 5.14. The lowest BCUT2D eigenvalue weighted by atomic mass is 9.63. The molecule has 0 spiro atoms. The minimum atomic E-state index is -1.96.